The van der Waals surface area contributed by atoms with Crippen molar-refractivity contribution >= 4 is 0 Å². The first-order chi connectivity index (χ1) is 8.82. The third-order valence-electron chi connectivity index (χ3n) is 5.01. The molecule has 0 saturated heterocycles. The van der Waals surface area contributed by atoms with Crippen LogP contribution in [0.4, 0.5) is 0 Å². The van der Waals surface area contributed by atoms with Crippen LogP contribution in [-0.2, 0) is 11.3 Å². The van der Waals surface area contributed by atoms with Crippen LogP contribution in [0.15, 0.2) is 30.3 Å². The first kappa shape index (κ1) is 12.2. The van der Waals surface area contributed by atoms with E-state index in [2.05, 4.69) is 24.3 Å². The molecule has 1 aromatic rings. The van der Waals surface area contributed by atoms with Gasteiger partial charge in [0.15, 0.2) is 0 Å². The van der Waals surface area contributed by atoms with Crippen LogP contribution in [0.2, 0.25) is 0 Å². The lowest BCUT2D eigenvalue weighted by atomic mass is 9.74. The largest absolute Gasteiger partial charge is 0.376 e. The van der Waals surface area contributed by atoms with Crippen LogP contribution in [0.5, 0.6) is 0 Å². The van der Waals surface area contributed by atoms with Gasteiger partial charge in [0.05, 0.1) is 13.2 Å². The Labute approximate surface area is 110 Å². The molecule has 0 heterocycles. The first-order valence-electron chi connectivity index (χ1n) is 7.14. The normalized spacial score (nSPS) is 34.1. The SMILES string of the molecule is NCC1(COCc2ccccc2)CC2CCC1C2. The van der Waals surface area contributed by atoms with Gasteiger partial charge in [0.2, 0.25) is 0 Å². The third-order valence-corrected chi connectivity index (χ3v) is 5.01. The maximum atomic E-state index is 6.05. The summed E-state index contributed by atoms with van der Waals surface area (Å²) in [7, 11) is 0. The van der Waals surface area contributed by atoms with E-state index in [0.717, 1.165) is 31.6 Å². The van der Waals surface area contributed by atoms with Crippen molar-refractivity contribution in [3.05, 3.63) is 35.9 Å². The molecule has 0 aromatic heterocycles. The van der Waals surface area contributed by atoms with Gasteiger partial charge in [0.1, 0.15) is 0 Å². The van der Waals surface area contributed by atoms with Crippen molar-refractivity contribution < 1.29 is 4.74 Å². The summed E-state index contributed by atoms with van der Waals surface area (Å²) in [6.45, 7) is 2.36. The van der Waals surface area contributed by atoms with Crippen molar-refractivity contribution in [3.8, 4) is 0 Å². The van der Waals surface area contributed by atoms with Gasteiger partial charge in [0, 0.05) is 12.0 Å². The molecule has 2 heteroatoms. The summed E-state index contributed by atoms with van der Waals surface area (Å²) in [5, 5.41) is 0. The average molecular weight is 245 g/mol. The molecule has 18 heavy (non-hydrogen) atoms. The highest BCUT2D eigenvalue weighted by molar-refractivity contribution is 5.13. The first-order valence-corrected chi connectivity index (χ1v) is 7.14. The molecule has 3 rings (SSSR count). The minimum Gasteiger partial charge on any atom is -0.376 e. The molecule has 3 atom stereocenters. The monoisotopic (exact) mass is 245 g/mol. The topological polar surface area (TPSA) is 35.2 Å². The summed E-state index contributed by atoms with van der Waals surface area (Å²) >= 11 is 0. The standard InChI is InChI=1S/C16H23NO/c17-11-16(9-14-6-7-15(16)8-14)12-18-10-13-4-2-1-3-5-13/h1-5,14-15H,6-12,17H2. The van der Waals surface area contributed by atoms with Crippen LogP contribution >= 0.6 is 0 Å². The molecule has 2 aliphatic carbocycles. The molecule has 2 N–H and O–H groups in total. The van der Waals surface area contributed by atoms with Gasteiger partial charge in [-0.05, 0) is 36.7 Å². The molecule has 0 aliphatic heterocycles. The second-order valence-electron chi connectivity index (χ2n) is 6.13. The van der Waals surface area contributed by atoms with E-state index in [1.165, 1.54) is 31.2 Å². The summed E-state index contributed by atoms with van der Waals surface area (Å²) in [5.74, 6) is 1.75. The van der Waals surface area contributed by atoms with Crippen LogP contribution in [0, 0.1) is 17.3 Å². The maximum absolute atomic E-state index is 6.05. The Morgan fingerprint density at radius 3 is 2.67 bits per heavy atom. The van der Waals surface area contributed by atoms with Gasteiger partial charge in [-0.2, -0.15) is 0 Å². The van der Waals surface area contributed by atoms with E-state index in [0.29, 0.717) is 0 Å². The van der Waals surface area contributed by atoms with Gasteiger partial charge in [-0.15, -0.1) is 0 Å². The number of hydrogen-bond donors (Lipinski definition) is 1. The van der Waals surface area contributed by atoms with Gasteiger partial charge in [-0.3, -0.25) is 0 Å². The lowest BCUT2D eigenvalue weighted by Crippen LogP contribution is -2.40. The number of hydrogen-bond acceptors (Lipinski definition) is 2. The minimum atomic E-state index is 0.289. The number of fused-ring (bicyclic) bond motifs is 2. The van der Waals surface area contributed by atoms with E-state index in [9.17, 15) is 0 Å². The fraction of sp³-hybridized carbons (Fsp3) is 0.625. The molecule has 2 aliphatic rings. The van der Waals surface area contributed by atoms with Crippen LogP contribution in [0.25, 0.3) is 0 Å². The molecule has 2 nitrogen and oxygen atoms in total. The van der Waals surface area contributed by atoms with Crippen LogP contribution in [-0.4, -0.2) is 13.2 Å². The highest BCUT2D eigenvalue weighted by atomic mass is 16.5. The van der Waals surface area contributed by atoms with E-state index in [-0.39, 0.29) is 5.41 Å². The second kappa shape index (κ2) is 5.02. The Morgan fingerprint density at radius 2 is 2.06 bits per heavy atom. The van der Waals surface area contributed by atoms with E-state index < -0.39 is 0 Å². The molecule has 2 fully saturated rings. The molecule has 3 unspecified atom stereocenters. The Hall–Kier alpha value is -0.860. The lowest BCUT2D eigenvalue weighted by molar-refractivity contribution is 0.00571. The molecule has 2 bridgehead atoms. The van der Waals surface area contributed by atoms with Crippen molar-refractivity contribution in [2.24, 2.45) is 23.0 Å². The number of rotatable bonds is 5. The summed E-state index contributed by atoms with van der Waals surface area (Å²) in [4.78, 5) is 0. The Balaban J connectivity index is 1.56. The predicted octanol–water partition coefficient (Wildman–Crippen LogP) is 2.97. The van der Waals surface area contributed by atoms with Crippen molar-refractivity contribution in [3.63, 3.8) is 0 Å². The van der Waals surface area contributed by atoms with Crippen LogP contribution in [0.1, 0.15) is 31.2 Å². The summed E-state index contributed by atoms with van der Waals surface area (Å²) in [5.41, 5.74) is 7.60. The molecule has 0 spiro atoms. The van der Waals surface area contributed by atoms with E-state index in [1.54, 1.807) is 0 Å². The highest BCUT2D eigenvalue weighted by Crippen LogP contribution is 2.55. The Bertz CT molecular complexity index is 391. The minimum absolute atomic E-state index is 0.289. The van der Waals surface area contributed by atoms with Crippen molar-refractivity contribution in [2.45, 2.75) is 32.3 Å². The van der Waals surface area contributed by atoms with Gasteiger partial charge in [-0.25, -0.2) is 0 Å². The molecule has 2 saturated carbocycles. The molecule has 0 radical (unpaired) electrons. The molecule has 0 amide bonds. The number of ether oxygens (including phenoxy) is 1. The summed E-state index contributed by atoms with van der Waals surface area (Å²) in [6, 6.07) is 10.4. The zero-order chi connectivity index (χ0) is 12.4. The van der Waals surface area contributed by atoms with E-state index in [4.69, 9.17) is 10.5 Å². The third kappa shape index (κ3) is 2.19. The molecular weight excluding hydrogens is 222 g/mol. The second-order valence-corrected chi connectivity index (χ2v) is 6.13. The van der Waals surface area contributed by atoms with Crippen molar-refractivity contribution in [1.82, 2.24) is 0 Å². The fourth-order valence-corrected chi connectivity index (χ4v) is 3.99. The van der Waals surface area contributed by atoms with Gasteiger partial charge in [-0.1, -0.05) is 36.8 Å². The van der Waals surface area contributed by atoms with Crippen molar-refractivity contribution in [2.75, 3.05) is 13.2 Å². The predicted molar refractivity (Wildman–Crippen MR) is 73.0 cm³/mol. The fourth-order valence-electron chi connectivity index (χ4n) is 3.99. The zero-order valence-electron chi connectivity index (χ0n) is 11.0. The number of nitrogens with two attached hydrogens (primary N) is 1. The lowest BCUT2D eigenvalue weighted by Gasteiger charge is -2.36. The van der Waals surface area contributed by atoms with Gasteiger partial charge in [0.25, 0.3) is 0 Å². The maximum Gasteiger partial charge on any atom is 0.0717 e. The quantitative estimate of drug-likeness (QED) is 0.865. The van der Waals surface area contributed by atoms with Crippen LogP contribution < -0.4 is 5.73 Å². The molecular formula is C16H23NO. The number of benzene rings is 1. The zero-order valence-corrected chi connectivity index (χ0v) is 11.0. The smallest absolute Gasteiger partial charge is 0.0717 e. The molecule has 1 aromatic carbocycles. The van der Waals surface area contributed by atoms with Crippen LogP contribution in [0.3, 0.4) is 0 Å². The van der Waals surface area contributed by atoms with Gasteiger partial charge >= 0.3 is 0 Å². The molecule has 98 valence electrons. The van der Waals surface area contributed by atoms with Crippen molar-refractivity contribution in [1.29, 1.82) is 0 Å². The average Bonchev–Trinajstić information content (AvgIpc) is 3.01. The summed E-state index contributed by atoms with van der Waals surface area (Å²) in [6.07, 6.45) is 5.48. The van der Waals surface area contributed by atoms with E-state index in [1.807, 2.05) is 6.07 Å². The Morgan fingerprint density at radius 1 is 1.22 bits per heavy atom. The summed E-state index contributed by atoms with van der Waals surface area (Å²) < 4.78 is 5.97. The Kier molecular flexibility index (Phi) is 3.40. The van der Waals surface area contributed by atoms with Gasteiger partial charge < -0.3 is 10.5 Å². The highest BCUT2D eigenvalue weighted by Gasteiger charge is 2.50. The van der Waals surface area contributed by atoms with E-state index >= 15 is 0 Å².